The highest BCUT2D eigenvalue weighted by molar-refractivity contribution is 5.70. The van der Waals surface area contributed by atoms with Gasteiger partial charge in [0.15, 0.2) is 11.6 Å². The maximum atomic E-state index is 13.5. The van der Waals surface area contributed by atoms with Gasteiger partial charge in [0, 0.05) is 25.2 Å². The van der Waals surface area contributed by atoms with Gasteiger partial charge in [0.1, 0.15) is 0 Å². The zero-order valence-corrected chi connectivity index (χ0v) is 11.2. The van der Waals surface area contributed by atoms with Crippen LogP contribution in [-0.2, 0) is 0 Å². The summed E-state index contributed by atoms with van der Waals surface area (Å²) in [6.45, 7) is 1.28. The predicted molar refractivity (Wildman–Crippen MR) is 70.1 cm³/mol. The molecular weight excluding hydrogens is 271 g/mol. The Morgan fingerprint density at radius 1 is 1.45 bits per heavy atom. The molecule has 0 fully saturated rings. The summed E-state index contributed by atoms with van der Waals surface area (Å²) in [5.74, 6) is -1.79. The molecule has 1 atom stereocenters. The van der Waals surface area contributed by atoms with Gasteiger partial charge in [-0.1, -0.05) is 0 Å². The molecule has 0 amide bonds. The van der Waals surface area contributed by atoms with Crippen molar-refractivity contribution in [2.24, 2.45) is 5.92 Å². The van der Waals surface area contributed by atoms with Crippen molar-refractivity contribution >= 4 is 11.4 Å². The summed E-state index contributed by atoms with van der Waals surface area (Å²) in [6.07, 6.45) is 0. The van der Waals surface area contributed by atoms with E-state index in [1.54, 1.807) is 11.8 Å². The summed E-state index contributed by atoms with van der Waals surface area (Å²) in [5, 5.41) is 8.82. The fourth-order valence-electron chi connectivity index (χ4n) is 1.79. The minimum atomic E-state index is -3.12. The minimum absolute atomic E-state index is 0.108. The molecule has 0 aliphatic rings. The first-order chi connectivity index (χ1) is 9.38. The summed E-state index contributed by atoms with van der Waals surface area (Å²) in [7, 11) is 0. The summed E-state index contributed by atoms with van der Waals surface area (Å²) in [4.78, 5) is 1.71. The molecule has 1 aromatic carbocycles. The number of benzene rings is 1. The van der Waals surface area contributed by atoms with Crippen LogP contribution in [0.3, 0.4) is 0 Å². The van der Waals surface area contributed by atoms with Crippen LogP contribution >= 0.6 is 0 Å². The van der Waals surface area contributed by atoms with Crippen molar-refractivity contribution in [3.8, 4) is 11.8 Å². The van der Waals surface area contributed by atoms with E-state index in [0.29, 0.717) is 18.8 Å². The Morgan fingerprint density at radius 2 is 2.10 bits per heavy atom. The lowest BCUT2D eigenvalue weighted by atomic mass is 10.1. The Labute approximate surface area is 115 Å². The number of alkyl halides is 2. The van der Waals surface area contributed by atoms with Gasteiger partial charge in [-0.05, 0) is 13.8 Å². The largest absolute Gasteiger partial charge is 0.432 e. The Balaban J connectivity index is 3.11. The summed E-state index contributed by atoms with van der Waals surface area (Å²) in [5.41, 5.74) is 6.18. The molecule has 20 heavy (non-hydrogen) atoms. The van der Waals surface area contributed by atoms with Crippen LogP contribution in [0.15, 0.2) is 12.1 Å². The molecule has 0 saturated carbocycles. The SMILES string of the molecule is CCN(CC(C)C#N)c1cc(OC(F)F)c(F)cc1N. The van der Waals surface area contributed by atoms with Crippen LogP contribution in [0, 0.1) is 23.1 Å². The predicted octanol–water partition coefficient (Wildman–Crippen LogP) is 3.00. The number of halogens is 3. The quantitative estimate of drug-likeness (QED) is 0.817. The third kappa shape index (κ3) is 3.95. The van der Waals surface area contributed by atoms with Gasteiger partial charge in [-0.25, -0.2) is 4.39 Å². The highest BCUT2D eigenvalue weighted by Crippen LogP contribution is 2.32. The first-order valence-corrected chi connectivity index (χ1v) is 6.07. The fourth-order valence-corrected chi connectivity index (χ4v) is 1.79. The number of nitrogen functional groups attached to an aromatic ring is 1. The molecule has 0 heterocycles. The van der Waals surface area contributed by atoms with Gasteiger partial charge in [-0.2, -0.15) is 14.0 Å². The zero-order chi connectivity index (χ0) is 15.3. The van der Waals surface area contributed by atoms with E-state index in [4.69, 9.17) is 11.0 Å². The first kappa shape index (κ1) is 16.0. The van der Waals surface area contributed by atoms with Crippen molar-refractivity contribution in [3.63, 3.8) is 0 Å². The number of ether oxygens (including phenoxy) is 1. The van der Waals surface area contributed by atoms with Gasteiger partial charge >= 0.3 is 6.61 Å². The first-order valence-electron chi connectivity index (χ1n) is 6.07. The van der Waals surface area contributed by atoms with Crippen molar-refractivity contribution < 1.29 is 17.9 Å². The van der Waals surface area contributed by atoms with Crippen molar-refractivity contribution in [2.75, 3.05) is 23.7 Å². The third-order valence-electron chi connectivity index (χ3n) is 2.73. The summed E-state index contributed by atoms with van der Waals surface area (Å²) >= 11 is 0. The van der Waals surface area contributed by atoms with Gasteiger partial charge < -0.3 is 15.4 Å². The molecule has 7 heteroatoms. The highest BCUT2D eigenvalue weighted by Gasteiger charge is 2.17. The molecule has 2 N–H and O–H groups in total. The smallest absolute Gasteiger partial charge is 0.387 e. The van der Waals surface area contributed by atoms with Gasteiger partial charge in [-0.15, -0.1) is 0 Å². The third-order valence-corrected chi connectivity index (χ3v) is 2.73. The van der Waals surface area contributed by atoms with Crippen molar-refractivity contribution in [1.82, 2.24) is 0 Å². The fraction of sp³-hybridized carbons (Fsp3) is 0.462. The molecular formula is C13H16F3N3O. The maximum absolute atomic E-state index is 13.5. The van der Waals surface area contributed by atoms with Crippen molar-refractivity contribution in [1.29, 1.82) is 5.26 Å². The lowest BCUT2D eigenvalue weighted by Gasteiger charge is -2.26. The number of nitrogens with zero attached hydrogens (tertiary/aromatic N) is 2. The minimum Gasteiger partial charge on any atom is -0.432 e. The summed E-state index contributed by atoms with van der Waals surface area (Å²) in [6, 6.07) is 4.14. The number of nitrogens with two attached hydrogens (primary N) is 1. The van der Waals surface area contributed by atoms with Crippen molar-refractivity contribution in [3.05, 3.63) is 17.9 Å². The lowest BCUT2D eigenvalue weighted by molar-refractivity contribution is -0.0521. The Hall–Kier alpha value is -2.10. The van der Waals surface area contributed by atoms with Gasteiger partial charge in [0.05, 0.1) is 23.4 Å². The average molecular weight is 287 g/mol. The lowest BCUT2D eigenvalue weighted by Crippen LogP contribution is -2.28. The molecule has 4 nitrogen and oxygen atoms in total. The second-order valence-corrected chi connectivity index (χ2v) is 4.29. The molecule has 1 rings (SSSR count). The number of anilines is 2. The molecule has 0 aliphatic heterocycles. The van der Waals surface area contributed by atoms with Crippen LogP contribution in [0.5, 0.6) is 5.75 Å². The maximum Gasteiger partial charge on any atom is 0.387 e. The van der Waals surface area contributed by atoms with E-state index >= 15 is 0 Å². The van der Waals surface area contributed by atoms with Crippen LogP contribution in [0.1, 0.15) is 13.8 Å². The van der Waals surface area contributed by atoms with Gasteiger partial charge in [-0.3, -0.25) is 0 Å². The van der Waals surface area contributed by atoms with E-state index in [0.717, 1.165) is 12.1 Å². The Kier molecular flexibility index (Phi) is 5.50. The number of nitriles is 1. The average Bonchev–Trinajstić information content (AvgIpc) is 2.38. The van der Waals surface area contributed by atoms with Crippen LogP contribution in [0.25, 0.3) is 0 Å². The van der Waals surface area contributed by atoms with E-state index in [1.165, 1.54) is 0 Å². The second-order valence-electron chi connectivity index (χ2n) is 4.29. The zero-order valence-electron chi connectivity index (χ0n) is 11.2. The number of hydrogen-bond acceptors (Lipinski definition) is 4. The van der Waals surface area contributed by atoms with E-state index in [9.17, 15) is 13.2 Å². The van der Waals surface area contributed by atoms with E-state index in [-0.39, 0.29) is 11.6 Å². The Bertz CT molecular complexity index is 502. The monoisotopic (exact) mass is 287 g/mol. The van der Waals surface area contributed by atoms with Gasteiger partial charge in [0.2, 0.25) is 0 Å². The number of hydrogen-bond donors (Lipinski definition) is 1. The van der Waals surface area contributed by atoms with Crippen LogP contribution < -0.4 is 15.4 Å². The van der Waals surface area contributed by atoms with Crippen molar-refractivity contribution in [2.45, 2.75) is 20.5 Å². The molecule has 0 aliphatic carbocycles. The van der Waals surface area contributed by atoms with E-state index in [2.05, 4.69) is 10.8 Å². The standard InChI is InChI=1S/C13H16F3N3O/c1-3-19(7-8(2)6-17)11-5-12(20-13(15)16)9(14)4-10(11)18/h4-5,8,13H,3,7,18H2,1-2H3. The molecule has 0 spiro atoms. The highest BCUT2D eigenvalue weighted by atomic mass is 19.3. The van der Waals surface area contributed by atoms with Crippen LogP contribution in [0.4, 0.5) is 24.5 Å². The number of rotatable bonds is 6. The summed E-state index contributed by atoms with van der Waals surface area (Å²) < 4.78 is 42.0. The van der Waals surface area contributed by atoms with Gasteiger partial charge in [0.25, 0.3) is 0 Å². The van der Waals surface area contributed by atoms with E-state index in [1.807, 2.05) is 6.92 Å². The molecule has 0 saturated heterocycles. The molecule has 0 aromatic heterocycles. The molecule has 0 bridgehead atoms. The second kappa shape index (κ2) is 6.89. The van der Waals surface area contributed by atoms with Crippen LogP contribution in [0.2, 0.25) is 0 Å². The Morgan fingerprint density at radius 3 is 2.60 bits per heavy atom. The molecule has 0 radical (unpaired) electrons. The molecule has 110 valence electrons. The van der Waals surface area contributed by atoms with E-state index < -0.39 is 18.2 Å². The van der Waals surface area contributed by atoms with Crippen LogP contribution in [-0.4, -0.2) is 19.7 Å². The topological polar surface area (TPSA) is 62.3 Å². The normalized spacial score (nSPS) is 12.1. The molecule has 1 aromatic rings. The molecule has 1 unspecified atom stereocenters.